The van der Waals surface area contributed by atoms with Crippen molar-refractivity contribution in [1.29, 1.82) is 0 Å². The Hall–Kier alpha value is -1.62. The highest BCUT2D eigenvalue weighted by molar-refractivity contribution is 5.74. The van der Waals surface area contributed by atoms with Gasteiger partial charge in [0.2, 0.25) is 0 Å². The van der Waals surface area contributed by atoms with E-state index in [9.17, 15) is 4.79 Å². The first-order valence-electron chi connectivity index (χ1n) is 5.67. The molecule has 1 atom stereocenters. The molecule has 0 saturated heterocycles. The van der Waals surface area contributed by atoms with Crippen molar-refractivity contribution in [2.24, 2.45) is 0 Å². The summed E-state index contributed by atoms with van der Waals surface area (Å²) in [6.07, 6.45) is 4.27. The molecule has 0 fully saturated rings. The summed E-state index contributed by atoms with van der Waals surface area (Å²) in [4.78, 5) is 15.5. The van der Waals surface area contributed by atoms with Crippen LogP contribution in [0.15, 0.2) is 24.5 Å². The lowest BCUT2D eigenvalue weighted by Gasteiger charge is -2.14. The largest absolute Gasteiger partial charge is 0.385 e. The zero-order valence-electron chi connectivity index (χ0n) is 10.3. The molecule has 5 heteroatoms. The summed E-state index contributed by atoms with van der Waals surface area (Å²) >= 11 is 0. The monoisotopic (exact) mass is 237 g/mol. The van der Waals surface area contributed by atoms with Crippen molar-refractivity contribution >= 4 is 6.03 Å². The normalized spacial score (nSPS) is 11.9. The number of pyridine rings is 1. The maximum absolute atomic E-state index is 11.5. The Balaban J connectivity index is 2.26. The van der Waals surface area contributed by atoms with Gasteiger partial charge < -0.3 is 15.4 Å². The third-order valence-electron chi connectivity index (χ3n) is 2.34. The maximum atomic E-state index is 11.5. The standard InChI is InChI=1S/C12H19N3O2/c1-10(11-5-3-6-13-9-11)15-12(16)14-7-4-8-17-2/h3,5-6,9-10H,4,7-8H2,1-2H3,(H2,14,15,16). The number of rotatable bonds is 6. The number of carbonyl (C=O) groups excluding carboxylic acids is 1. The summed E-state index contributed by atoms with van der Waals surface area (Å²) in [5.41, 5.74) is 0.986. The Bertz CT molecular complexity index is 330. The fourth-order valence-electron chi connectivity index (χ4n) is 1.38. The highest BCUT2D eigenvalue weighted by Gasteiger charge is 2.08. The van der Waals surface area contributed by atoms with Crippen molar-refractivity contribution in [3.05, 3.63) is 30.1 Å². The molecule has 1 aromatic heterocycles. The van der Waals surface area contributed by atoms with E-state index < -0.39 is 0 Å². The summed E-state index contributed by atoms with van der Waals surface area (Å²) in [6, 6.07) is 3.57. The minimum absolute atomic E-state index is 0.0499. The summed E-state index contributed by atoms with van der Waals surface area (Å²) < 4.78 is 4.89. The van der Waals surface area contributed by atoms with Crippen molar-refractivity contribution in [3.63, 3.8) is 0 Å². The number of carbonyl (C=O) groups is 1. The topological polar surface area (TPSA) is 63.2 Å². The maximum Gasteiger partial charge on any atom is 0.315 e. The molecule has 0 bridgehead atoms. The molecule has 0 aliphatic heterocycles. The zero-order valence-corrected chi connectivity index (χ0v) is 10.3. The molecule has 0 aliphatic rings. The molecule has 2 N–H and O–H groups in total. The summed E-state index contributed by atoms with van der Waals surface area (Å²) in [5, 5.41) is 5.61. The van der Waals surface area contributed by atoms with Gasteiger partial charge in [-0.2, -0.15) is 0 Å². The molecule has 5 nitrogen and oxygen atoms in total. The van der Waals surface area contributed by atoms with Crippen LogP contribution in [0.25, 0.3) is 0 Å². The molecule has 1 heterocycles. The lowest BCUT2D eigenvalue weighted by molar-refractivity contribution is 0.193. The van der Waals surface area contributed by atoms with Gasteiger partial charge in [0.15, 0.2) is 0 Å². The lowest BCUT2D eigenvalue weighted by Crippen LogP contribution is -2.37. The third-order valence-corrected chi connectivity index (χ3v) is 2.34. The number of hydrogen-bond acceptors (Lipinski definition) is 3. The van der Waals surface area contributed by atoms with E-state index in [0.717, 1.165) is 12.0 Å². The van der Waals surface area contributed by atoms with Gasteiger partial charge in [0.25, 0.3) is 0 Å². The second kappa shape index (κ2) is 7.62. The molecule has 0 saturated carbocycles. The molecule has 0 radical (unpaired) electrons. The van der Waals surface area contributed by atoms with Gasteiger partial charge in [-0.05, 0) is 25.0 Å². The van der Waals surface area contributed by atoms with Gasteiger partial charge in [0, 0.05) is 32.7 Å². The number of nitrogens with one attached hydrogen (secondary N) is 2. The van der Waals surface area contributed by atoms with E-state index in [1.54, 1.807) is 19.5 Å². The molecule has 1 aromatic rings. The van der Waals surface area contributed by atoms with Crippen LogP contribution in [0.5, 0.6) is 0 Å². The van der Waals surface area contributed by atoms with Crippen LogP contribution in [0.4, 0.5) is 4.79 Å². The number of amides is 2. The summed E-state index contributed by atoms with van der Waals surface area (Å²) in [6.45, 7) is 3.18. The Morgan fingerprint density at radius 1 is 1.59 bits per heavy atom. The van der Waals surface area contributed by atoms with Crippen LogP contribution in [0.3, 0.4) is 0 Å². The van der Waals surface area contributed by atoms with Gasteiger partial charge in [0.1, 0.15) is 0 Å². The van der Waals surface area contributed by atoms with E-state index in [0.29, 0.717) is 13.2 Å². The van der Waals surface area contributed by atoms with Gasteiger partial charge >= 0.3 is 6.03 Å². The number of ether oxygens (including phenoxy) is 1. The third kappa shape index (κ3) is 5.31. The van der Waals surface area contributed by atoms with Crippen LogP contribution in [0.1, 0.15) is 24.9 Å². The fourth-order valence-corrected chi connectivity index (χ4v) is 1.38. The van der Waals surface area contributed by atoms with Gasteiger partial charge in [-0.25, -0.2) is 4.79 Å². The number of urea groups is 1. The highest BCUT2D eigenvalue weighted by Crippen LogP contribution is 2.08. The fraction of sp³-hybridized carbons (Fsp3) is 0.500. The molecule has 1 rings (SSSR count). The number of aromatic nitrogens is 1. The zero-order chi connectivity index (χ0) is 12.5. The molecule has 94 valence electrons. The van der Waals surface area contributed by atoms with E-state index >= 15 is 0 Å². The van der Waals surface area contributed by atoms with Crippen molar-refractivity contribution in [2.75, 3.05) is 20.3 Å². The summed E-state index contributed by atoms with van der Waals surface area (Å²) in [5.74, 6) is 0. The Morgan fingerprint density at radius 2 is 2.41 bits per heavy atom. The molecule has 0 aliphatic carbocycles. The molecule has 0 spiro atoms. The minimum Gasteiger partial charge on any atom is -0.385 e. The first kappa shape index (κ1) is 13.4. The molecule has 0 aromatic carbocycles. The van der Waals surface area contributed by atoms with Crippen LogP contribution < -0.4 is 10.6 Å². The van der Waals surface area contributed by atoms with E-state index in [4.69, 9.17) is 4.74 Å². The number of hydrogen-bond donors (Lipinski definition) is 2. The molecular weight excluding hydrogens is 218 g/mol. The van der Waals surface area contributed by atoms with E-state index in [1.165, 1.54) is 0 Å². The molecular formula is C12H19N3O2. The molecule has 2 amide bonds. The van der Waals surface area contributed by atoms with Crippen molar-refractivity contribution in [3.8, 4) is 0 Å². The van der Waals surface area contributed by atoms with Crippen LogP contribution in [-0.4, -0.2) is 31.3 Å². The van der Waals surface area contributed by atoms with Crippen molar-refractivity contribution < 1.29 is 9.53 Å². The SMILES string of the molecule is COCCCNC(=O)NC(C)c1cccnc1. The quantitative estimate of drug-likeness (QED) is 0.737. The minimum atomic E-state index is -0.169. The predicted octanol–water partition coefficient (Wildman–Crippen LogP) is 1.48. The smallest absolute Gasteiger partial charge is 0.315 e. The Labute approximate surface area is 102 Å². The van der Waals surface area contributed by atoms with Gasteiger partial charge in [-0.15, -0.1) is 0 Å². The first-order valence-corrected chi connectivity index (χ1v) is 5.67. The predicted molar refractivity (Wildman–Crippen MR) is 65.7 cm³/mol. The van der Waals surface area contributed by atoms with E-state index in [2.05, 4.69) is 15.6 Å². The van der Waals surface area contributed by atoms with Crippen LogP contribution in [0, 0.1) is 0 Å². The Kier molecular flexibility index (Phi) is 6.03. The Morgan fingerprint density at radius 3 is 3.06 bits per heavy atom. The van der Waals surface area contributed by atoms with Crippen LogP contribution in [-0.2, 0) is 4.74 Å². The van der Waals surface area contributed by atoms with E-state index in [1.807, 2.05) is 19.1 Å². The second-order valence-corrected chi connectivity index (χ2v) is 3.75. The van der Waals surface area contributed by atoms with E-state index in [-0.39, 0.29) is 12.1 Å². The summed E-state index contributed by atoms with van der Waals surface area (Å²) in [7, 11) is 1.64. The van der Waals surface area contributed by atoms with Gasteiger partial charge in [-0.3, -0.25) is 4.98 Å². The van der Waals surface area contributed by atoms with Crippen molar-refractivity contribution in [1.82, 2.24) is 15.6 Å². The van der Waals surface area contributed by atoms with Crippen molar-refractivity contribution in [2.45, 2.75) is 19.4 Å². The highest BCUT2D eigenvalue weighted by atomic mass is 16.5. The van der Waals surface area contributed by atoms with Gasteiger partial charge in [-0.1, -0.05) is 6.07 Å². The van der Waals surface area contributed by atoms with Crippen LogP contribution >= 0.6 is 0 Å². The molecule has 1 unspecified atom stereocenters. The first-order chi connectivity index (χ1) is 8.24. The average Bonchev–Trinajstić information content (AvgIpc) is 2.36. The number of methoxy groups -OCH3 is 1. The lowest BCUT2D eigenvalue weighted by atomic mass is 10.1. The van der Waals surface area contributed by atoms with Crippen LogP contribution in [0.2, 0.25) is 0 Å². The second-order valence-electron chi connectivity index (χ2n) is 3.75. The average molecular weight is 237 g/mol. The molecule has 17 heavy (non-hydrogen) atoms. The number of nitrogens with zero attached hydrogens (tertiary/aromatic N) is 1. The van der Waals surface area contributed by atoms with Gasteiger partial charge in [0.05, 0.1) is 6.04 Å².